The number of hydrogen-bond donors (Lipinski definition) is 0. The first kappa shape index (κ1) is 21.9. The number of aromatic nitrogens is 2. The van der Waals surface area contributed by atoms with Crippen LogP contribution in [-0.4, -0.2) is 84.3 Å². The molecule has 9 nitrogen and oxygen atoms in total. The number of carbonyl (C=O) groups is 1. The lowest BCUT2D eigenvalue weighted by Gasteiger charge is -2.32. The SMILES string of the molecule is CC1CCN(S(=O)(=O)c2ccc3ncn(CC(=O)N4CCN(C)CC4)c(=O)c3c2)CC1. The molecule has 1 aromatic heterocycles. The van der Waals surface area contributed by atoms with E-state index in [1.54, 1.807) is 11.0 Å². The minimum atomic E-state index is -3.67. The number of fused-ring (bicyclic) bond motifs is 1. The predicted molar refractivity (Wildman–Crippen MR) is 117 cm³/mol. The van der Waals surface area contributed by atoms with E-state index < -0.39 is 15.6 Å². The number of hydrogen-bond acceptors (Lipinski definition) is 6. The molecule has 2 saturated heterocycles. The number of piperidine rings is 1. The summed E-state index contributed by atoms with van der Waals surface area (Å²) >= 11 is 0. The highest BCUT2D eigenvalue weighted by molar-refractivity contribution is 7.89. The molecule has 0 spiro atoms. The molecular formula is C21H29N5O4S. The van der Waals surface area contributed by atoms with Gasteiger partial charge in [0.15, 0.2) is 0 Å². The molecule has 10 heteroatoms. The first-order valence-corrected chi connectivity index (χ1v) is 12.2. The van der Waals surface area contributed by atoms with Crippen LogP contribution in [0.1, 0.15) is 19.8 Å². The smallest absolute Gasteiger partial charge is 0.261 e. The Hall–Kier alpha value is -2.30. The largest absolute Gasteiger partial charge is 0.339 e. The second-order valence-corrected chi connectivity index (χ2v) is 10.6. The zero-order valence-electron chi connectivity index (χ0n) is 18.0. The van der Waals surface area contributed by atoms with E-state index in [2.05, 4.69) is 16.8 Å². The fourth-order valence-corrected chi connectivity index (χ4v) is 5.58. The van der Waals surface area contributed by atoms with E-state index in [9.17, 15) is 18.0 Å². The fourth-order valence-electron chi connectivity index (χ4n) is 4.09. The van der Waals surface area contributed by atoms with Gasteiger partial charge in [0, 0.05) is 39.3 Å². The number of benzene rings is 1. The van der Waals surface area contributed by atoms with Crippen molar-refractivity contribution in [3.8, 4) is 0 Å². The minimum Gasteiger partial charge on any atom is -0.339 e. The zero-order chi connectivity index (χ0) is 22.2. The Bertz CT molecular complexity index is 1130. The van der Waals surface area contributed by atoms with Crippen molar-refractivity contribution in [3.63, 3.8) is 0 Å². The van der Waals surface area contributed by atoms with E-state index in [1.807, 2.05) is 7.05 Å². The Labute approximate surface area is 182 Å². The highest BCUT2D eigenvalue weighted by Crippen LogP contribution is 2.24. The molecule has 0 aliphatic carbocycles. The zero-order valence-corrected chi connectivity index (χ0v) is 18.8. The lowest BCUT2D eigenvalue weighted by molar-refractivity contribution is -0.133. The van der Waals surface area contributed by atoms with E-state index in [1.165, 1.54) is 27.3 Å². The highest BCUT2D eigenvalue weighted by Gasteiger charge is 2.28. The summed E-state index contributed by atoms with van der Waals surface area (Å²) in [5, 5.41) is 0.208. The Kier molecular flexibility index (Phi) is 6.14. The van der Waals surface area contributed by atoms with Crippen LogP contribution in [0.3, 0.4) is 0 Å². The van der Waals surface area contributed by atoms with E-state index in [-0.39, 0.29) is 22.7 Å². The van der Waals surface area contributed by atoms with Gasteiger partial charge in [0.1, 0.15) is 6.54 Å². The van der Waals surface area contributed by atoms with Crippen LogP contribution in [-0.2, 0) is 21.4 Å². The van der Waals surface area contributed by atoms with E-state index in [0.29, 0.717) is 37.6 Å². The molecule has 31 heavy (non-hydrogen) atoms. The fraction of sp³-hybridized carbons (Fsp3) is 0.571. The summed E-state index contributed by atoms with van der Waals surface area (Å²) < 4.78 is 28.9. The van der Waals surface area contributed by atoms with Crippen molar-refractivity contribution in [3.05, 3.63) is 34.9 Å². The number of rotatable bonds is 4. The molecule has 0 atom stereocenters. The van der Waals surface area contributed by atoms with Crippen molar-refractivity contribution in [1.29, 1.82) is 0 Å². The molecule has 168 valence electrons. The number of amides is 1. The predicted octanol–water partition coefficient (Wildman–Crippen LogP) is 0.591. The summed E-state index contributed by atoms with van der Waals surface area (Å²) in [7, 11) is -1.66. The van der Waals surface area contributed by atoms with Gasteiger partial charge in [-0.15, -0.1) is 0 Å². The highest BCUT2D eigenvalue weighted by atomic mass is 32.2. The van der Waals surface area contributed by atoms with E-state index in [4.69, 9.17) is 0 Å². The van der Waals surface area contributed by atoms with Gasteiger partial charge in [-0.25, -0.2) is 13.4 Å². The van der Waals surface area contributed by atoms with Crippen LogP contribution in [0.15, 0.2) is 34.2 Å². The lowest BCUT2D eigenvalue weighted by atomic mass is 10.0. The first-order chi connectivity index (χ1) is 14.8. The van der Waals surface area contributed by atoms with Crippen molar-refractivity contribution in [2.45, 2.75) is 31.2 Å². The standard InChI is InChI=1S/C21H29N5O4S/c1-16-5-7-26(8-6-16)31(29,30)17-3-4-19-18(13-17)21(28)25(15-22-19)14-20(27)24-11-9-23(2)10-12-24/h3-4,13,15-16H,5-12,14H2,1-2H3. The molecule has 0 saturated carbocycles. The molecule has 0 N–H and O–H groups in total. The summed E-state index contributed by atoms with van der Waals surface area (Å²) in [6.45, 7) is 5.84. The third-order valence-corrected chi connectivity index (χ3v) is 8.23. The molecule has 1 aromatic carbocycles. The van der Waals surface area contributed by atoms with Crippen molar-refractivity contribution in [2.24, 2.45) is 5.92 Å². The first-order valence-electron chi connectivity index (χ1n) is 10.7. The van der Waals surface area contributed by atoms with Gasteiger partial charge in [-0.1, -0.05) is 6.92 Å². The number of nitrogens with zero attached hydrogens (tertiary/aromatic N) is 5. The maximum atomic E-state index is 13.1. The van der Waals surface area contributed by atoms with E-state index >= 15 is 0 Å². The topological polar surface area (TPSA) is 95.8 Å². The molecule has 2 aliphatic rings. The van der Waals surface area contributed by atoms with Crippen LogP contribution in [0.25, 0.3) is 10.9 Å². The molecular weight excluding hydrogens is 418 g/mol. The molecule has 4 rings (SSSR count). The number of sulfonamides is 1. The summed E-state index contributed by atoms with van der Waals surface area (Å²) in [6.07, 6.45) is 3.02. The van der Waals surface area contributed by atoms with Gasteiger partial charge < -0.3 is 9.80 Å². The van der Waals surface area contributed by atoms with Crippen molar-refractivity contribution < 1.29 is 13.2 Å². The van der Waals surface area contributed by atoms with Crippen LogP contribution in [0.5, 0.6) is 0 Å². The van der Waals surface area contributed by atoms with Crippen molar-refractivity contribution in [2.75, 3.05) is 46.3 Å². The second kappa shape index (κ2) is 8.68. The monoisotopic (exact) mass is 447 g/mol. The van der Waals surface area contributed by atoms with Gasteiger partial charge in [0.2, 0.25) is 15.9 Å². The number of likely N-dealkylation sites (N-methyl/N-ethyl adjacent to an activating group) is 1. The Balaban J connectivity index is 1.60. The lowest BCUT2D eigenvalue weighted by Crippen LogP contribution is -2.48. The third kappa shape index (κ3) is 4.51. The van der Waals surface area contributed by atoms with Gasteiger partial charge in [-0.05, 0) is 44.0 Å². The Morgan fingerprint density at radius 3 is 2.45 bits per heavy atom. The van der Waals surface area contributed by atoms with Gasteiger partial charge in [-0.2, -0.15) is 4.31 Å². The summed E-state index contributed by atoms with van der Waals surface area (Å²) in [5.74, 6) is 0.375. The van der Waals surface area contributed by atoms with E-state index in [0.717, 1.165) is 25.9 Å². The maximum absolute atomic E-state index is 13.1. The summed E-state index contributed by atoms with van der Waals surface area (Å²) in [4.78, 5) is 33.9. The average Bonchev–Trinajstić information content (AvgIpc) is 2.76. The second-order valence-electron chi connectivity index (χ2n) is 8.63. The van der Waals surface area contributed by atoms with Crippen LogP contribution in [0, 0.1) is 5.92 Å². The van der Waals surface area contributed by atoms with Crippen molar-refractivity contribution in [1.82, 2.24) is 23.7 Å². The molecule has 0 unspecified atom stereocenters. The van der Waals surface area contributed by atoms with Gasteiger partial charge >= 0.3 is 0 Å². The van der Waals surface area contributed by atoms with Crippen LogP contribution in [0.2, 0.25) is 0 Å². The molecule has 0 radical (unpaired) electrons. The molecule has 0 bridgehead atoms. The number of carbonyl (C=O) groups excluding carboxylic acids is 1. The van der Waals surface area contributed by atoms with Gasteiger partial charge in [0.05, 0.1) is 22.1 Å². The maximum Gasteiger partial charge on any atom is 0.261 e. The Morgan fingerprint density at radius 1 is 1.10 bits per heavy atom. The quantitative estimate of drug-likeness (QED) is 0.681. The van der Waals surface area contributed by atoms with Crippen molar-refractivity contribution >= 4 is 26.8 Å². The minimum absolute atomic E-state index is 0.0941. The molecule has 2 fully saturated rings. The van der Waals surface area contributed by atoms with Crippen LogP contribution in [0.4, 0.5) is 0 Å². The molecule has 2 aliphatic heterocycles. The van der Waals surface area contributed by atoms with Crippen LogP contribution < -0.4 is 5.56 Å². The summed E-state index contributed by atoms with van der Waals surface area (Å²) in [6, 6.07) is 4.46. The molecule has 2 aromatic rings. The molecule has 1 amide bonds. The van der Waals surface area contributed by atoms with Gasteiger partial charge in [-0.3, -0.25) is 14.2 Å². The average molecular weight is 448 g/mol. The number of piperazine rings is 1. The molecule has 3 heterocycles. The summed E-state index contributed by atoms with van der Waals surface area (Å²) in [5.41, 5.74) is 0.0105. The Morgan fingerprint density at radius 2 is 1.77 bits per heavy atom. The van der Waals surface area contributed by atoms with Gasteiger partial charge in [0.25, 0.3) is 5.56 Å². The van der Waals surface area contributed by atoms with Crippen LogP contribution >= 0.6 is 0 Å². The third-order valence-electron chi connectivity index (χ3n) is 6.34. The normalized spacial score (nSPS) is 19.7.